The predicted octanol–water partition coefficient (Wildman–Crippen LogP) is -0.0193. The number of aliphatic hydroxyl groups is 1. The van der Waals surface area contributed by atoms with Gasteiger partial charge in [-0.15, -0.1) is 12.4 Å². The monoisotopic (exact) mass is 205 g/mol. The third-order valence-corrected chi connectivity index (χ3v) is 2.06. The SMILES string of the molecule is Cc1noc(C2(O)CCNC2)n1.Cl. The predicted molar refractivity (Wildman–Crippen MR) is 47.7 cm³/mol. The van der Waals surface area contributed by atoms with E-state index in [9.17, 15) is 5.11 Å². The molecule has 6 heteroatoms. The minimum Gasteiger partial charge on any atom is -0.379 e. The number of halogens is 1. The molecule has 0 amide bonds. The first kappa shape index (κ1) is 10.4. The molecule has 1 aliphatic rings. The van der Waals surface area contributed by atoms with Crippen molar-refractivity contribution >= 4 is 12.4 Å². The molecule has 1 aromatic heterocycles. The lowest BCUT2D eigenvalue weighted by Gasteiger charge is -2.14. The van der Waals surface area contributed by atoms with Crippen molar-refractivity contribution in [1.82, 2.24) is 15.5 Å². The van der Waals surface area contributed by atoms with Gasteiger partial charge in [0.25, 0.3) is 5.89 Å². The summed E-state index contributed by atoms with van der Waals surface area (Å²) in [5, 5.41) is 16.6. The maximum Gasteiger partial charge on any atom is 0.259 e. The molecule has 2 heterocycles. The van der Waals surface area contributed by atoms with E-state index in [1.807, 2.05) is 0 Å². The van der Waals surface area contributed by atoms with Crippen molar-refractivity contribution in [2.45, 2.75) is 18.9 Å². The highest BCUT2D eigenvalue weighted by Crippen LogP contribution is 2.25. The first-order valence-corrected chi connectivity index (χ1v) is 3.95. The standard InChI is InChI=1S/C7H11N3O2.ClH/c1-5-9-6(12-10-5)7(11)2-3-8-4-7;/h8,11H,2-4H2,1H3;1H. The Balaban J connectivity index is 0.000000845. The lowest BCUT2D eigenvalue weighted by molar-refractivity contribution is 0.0243. The molecule has 13 heavy (non-hydrogen) atoms. The Bertz CT molecular complexity index is 283. The van der Waals surface area contributed by atoms with Gasteiger partial charge in [0, 0.05) is 6.54 Å². The Kier molecular flexibility index (Phi) is 2.90. The molecule has 0 aromatic carbocycles. The van der Waals surface area contributed by atoms with Gasteiger partial charge in [0.1, 0.15) is 0 Å². The average Bonchev–Trinajstić information content (AvgIpc) is 2.59. The Labute approximate surface area is 81.9 Å². The van der Waals surface area contributed by atoms with Crippen molar-refractivity contribution in [2.75, 3.05) is 13.1 Å². The van der Waals surface area contributed by atoms with Crippen LogP contribution in [0.25, 0.3) is 0 Å². The van der Waals surface area contributed by atoms with Gasteiger partial charge in [0.15, 0.2) is 11.4 Å². The van der Waals surface area contributed by atoms with Crippen LogP contribution < -0.4 is 5.32 Å². The highest BCUT2D eigenvalue weighted by Gasteiger charge is 2.38. The first-order chi connectivity index (χ1) is 5.71. The number of hydrogen-bond donors (Lipinski definition) is 2. The molecule has 1 atom stereocenters. The van der Waals surface area contributed by atoms with Gasteiger partial charge in [-0.1, -0.05) is 5.16 Å². The summed E-state index contributed by atoms with van der Waals surface area (Å²) in [5.74, 6) is 0.885. The molecule has 1 aromatic rings. The highest BCUT2D eigenvalue weighted by atomic mass is 35.5. The minimum atomic E-state index is -0.943. The quantitative estimate of drug-likeness (QED) is 0.675. The number of rotatable bonds is 1. The summed E-state index contributed by atoms with van der Waals surface area (Å²) >= 11 is 0. The van der Waals surface area contributed by atoms with Crippen LogP contribution in [-0.4, -0.2) is 28.3 Å². The molecule has 1 fully saturated rings. The summed E-state index contributed by atoms with van der Waals surface area (Å²) in [6.45, 7) is 3.02. The van der Waals surface area contributed by atoms with E-state index in [2.05, 4.69) is 15.5 Å². The second kappa shape index (κ2) is 3.61. The van der Waals surface area contributed by atoms with Gasteiger partial charge >= 0.3 is 0 Å². The van der Waals surface area contributed by atoms with E-state index in [0.717, 1.165) is 6.54 Å². The largest absolute Gasteiger partial charge is 0.379 e. The summed E-state index contributed by atoms with van der Waals surface area (Å²) in [4.78, 5) is 4.00. The van der Waals surface area contributed by atoms with Gasteiger partial charge < -0.3 is 14.9 Å². The van der Waals surface area contributed by atoms with Crippen LogP contribution in [0.4, 0.5) is 0 Å². The second-order valence-electron chi connectivity index (χ2n) is 3.11. The van der Waals surface area contributed by atoms with Crippen LogP contribution in [0.15, 0.2) is 4.52 Å². The molecule has 0 spiro atoms. The molecule has 1 aliphatic heterocycles. The van der Waals surface area contributed by atoms with E-state index in [-0.39, 0.29) is 12.4 Å². The van der Waals surface area contributed by atoms with E-state index in [1.54, 1.807) is 6.92 Å². The Morgan fingerprint density at radius 1 is 1.62 bits per heavy atom. The van der Waals surface area contributed by atoms with Crippen molar-refractivity contribution in [3.63, 3.8) is 0 Å². The summed E-state index contributed by atoms with van der Waals surface area (Å²) in [6, 6.07) is 0. The molecular weight excluding hydrogens is 194 g/mol. The molecule has 0 saturated carbocycles. The number of β-amino-alcohol motifs (C(OH)–C–C–N with tert-alkyl or cyclic N) is 1. The molecule has 0 aliphatic carbocycles. The van der Waals surface area contributed by atoms with Crippen LogP contribution in [0.2, 0.25) is 0 Å². The summed E-state index contributed by atoms with van der Waals surface area (Å²) in [7, 11) is 0. The lowest BCUT2D eigenvalue weighted by Crippen LogP contribution is -2.28. The molecule has 1 saturated heterocycles. The number of nitrogens with zero attached hydrogens (tertiary/aromatic N) is 2. The molecule has 5 nitrogen and oxygen atoms in total. The zero-order chi connectivity index (χ0) is 8.60. The van der Waals surface area contributed by atoms with Crippen molar-refractivity contribution in [1.29, 1.82) is 0 Å². The molecule has 0 bridgehead atoms. The lowest BCUT2D eigenvalue weighted by atomic mass is 10.0. The molecule has 74 valence electrons. The van der Waals surface area contributed by atoms with Gasteiger partial charge in [0.2, 0.25) is 0 Å². The van der Waals surface area contributed by atoms with Crippen molar-refractivity contribution < 1.29 is 9.63 Å². The third kappa shape index (κ3) is 1.82. The summed E-state index contributed by atoms with van der Waals surface area (Å²) in [5.41, 5.74) is -0.943. The van der Waals surface area contributed by atoms with E-state index < -0.39 is 5.60 Å². The molecule has 1 unspecified atom stereocenters. The van der Waals surface area contributed by atoms with E-state index >= 15 is 0 Å². The Morgan fingerprint density at radius 3 is 2.85 bits per heavy atom. The Hall–Kier alpha value is -0.650. The topological polar surface area (TPSA) is 71.2 Å². The van der Waals surface area contributed by atoms with Crippen molar-refractivity contribution in [3.05, 3.63) is 11.7 Å². The first-order valence-electron chi connectivity index (χ1n) is 3.95. The van der Waals surface area contributed by atoms with Gasteiger partial charge in [-0.3, -0.25) is 0 Å². The van der Waals surface area contributed by atoms with Gasteiger partial charge in [-0.25, -0.2) is 0 Å². The van der Waals surface area contributed by atoms with E-state index in [1.165, 1.54) is 0 Å². The number of aromatic nitrogens is 2. The van der Waals surface area contributed by atoms with Crippen LogP contribution in [0.3, 0.4) is 0 Å². The zero-order valence-corrected chi connectivity index (χ0v) is 8.10. The zero-order valence-electron chi connectivity index (χ0n) is 7.28. The number of nitrogens with one attached hydrogen (secondary N) is 1. The van der Waals surface area contributed by atoms with Crippen LogP contribution in [0.1, 0.15) is 18.1 Å². The fourth-order valence-electron chi connectivity index (χ4n) is 1.35. The fourth-order valence-corrected chi connectivity index (χ4v) is 1.35. The van der Waals surface area contributed by atoms with Crippen molar-refractivity contribution in [2.24, 2.45) is 0 Å². The average molecular weight is 206 g/mol. The fraction of sp³-hybridized carbons (Fsp3) is 0.714. The van der Waals surface area contributed by atoms with E-state index in [4.69, 9.17) is 4.52 Å². The maximum atomic E-state index is 9.92. The van der Waals surface area contributed by atoms with Gasteiger partial charge in [0.05, 0.1) is 0 Å². The molecule has 0 radical (unpaired) electrons. The molecular formula is C7H12ClN3O2. The number of aryl methyl sites for hydroxylation is 1. The summed E-state index contributed by atoms with van der Waals surface area (Å²) in [6.07, 6.45) is 0.634. The van der Waals surface area contributed by atoms with Gasteiger partial charge in [-0.2, -0.15) is 4.98 Å². The van der Waals surface area contributed by atoms with Gasteiger partial charge in [-0.05, 0) is 19.9 Å². The van der Waals surface area contributed by atoms with Crippen LogP contribution in [-0.2, 0) is 5.60 Å². The highest BCUT2D eigenvalue weighted by molar-refractivity contribution is 5.85. The van der Waals surface area contributed by atoms with Crippen LogP contribution in [0.5, 0.6) is 0 Å². The Morgan fingerprint density at radius 2 is 2.38 bits per heavy atom. The number of hydrogen-bond acceptors (Lipinski definition) is 5. The maximum absolute atomic E-state index is 9.92. The normalized spacial score (nSPS) is 27.2. The molecule has 2 rings (SSSR count). The second-order valence-corrected chi connectivity index (χ2v) is 3.11. The van der Waals surface area contributed by atoms with Crippen LogP contribution >= 0.6 is 12.4 Å². The minimum absolute atomic E-state index is 0. The third-order valence-electron chi connectivity index (χ3n) is 2.06. The molecule has 2 N–H and O–H groups in total. The smallest absolute Gasteiger partial charge is 0.259 e. The van der Waals surface area contributed by atoms with Crippen molar-refractivity contribution in [3.8, 4) is 0 Å². The summed E-state index contributed by atoms with van der Waals surface area (Å²) < 4.78 is 4.90. The van der Waals surface area contributed by atoms with Crippen LogP contribution in [0, 0.1) is 6.92 Å². The van der Waals surface area contributed by atoms with E-state index in [0.29, 0.717) is 24.7 Å².